The minimum absolute atomic E-state index is 0.135. The molecule has 0 atom stereocenters. The van der Waals surface area contributed by atoms with Crippen LogP contribution in [-0.4, -0.2) is 48.6 Å². The summed E-state index contributed by atoms with van der Waals surface area (Å²) in [6.07, 6.45) is -1.65. The second-order valence-electron chi connectivity index (χ2n) is 6.37. The van der Waals surface area contributed by atoms with E-state index in [2.05, 4.69) is 12.2 Å². The number of alkyl halides is 3. The van der Waals surface area contributed by atoms with Gasteiger partial charge in [-0.25, -0.2) is 4.79 Å². The number of hydrogen-bond acceptors (Lipinski definition) is 4. The highest BCUT2D eigenvalue weighted by atomic mass is 19.4. The first-order chi connectivity index (χ1) is 12.7. The van der Waals surface area contributed by atoms with Crippen molar-refractivity contribution in [2.75, 3.05) is 37.6 Å². The van der Waals surface area contributed by atoms with Crippen molar-refractivity contribution >= 4 is 17.4 Å². The Labute approximate surface area is 155 Å². The molecule has 10 heteroatoms. The molecule has 1 N–H and O–H groups in total. The number of unbranched alkanes of at least 4 members (excludes halogenated alkanes) is 2. The van der Waals surface area contributed by atoms with E-state index in [1.807, 2.05) is 0 Å². The van der Waals surface area contributed by atoms with Crippen LogP contribution in [0.25, 0.3) is 0 Å². The first-order valence-corrected chi connectivity index (χ1v) is 8.87. The molecule has 1 aliphatic heterocycles. The summed E-state index contributed by atoms with van der Waals surface area (Å²) in [5, 5.41) is 14.1. The summed E-state index contributed by atoms with van der Waals surface area (Å²) in [5.74, 6) is 0. The number of carbonyl (C=O) groups is 1. The molecule has 0 spiro atoms. The third-order valence-electron chi connectivity index (χ3n) is 4.46. The van der Waals surface area contributed by atoms with Gasteiger partial charge in [-0.05, 0) is 18.6 Å². The highest BCUT2D eigenvalue weighted by Gasteiger charge is 2.34. The second-order valence-corrected chi connectivity index (χ2v) is 6.37. The Balaban J connectivity index is 2.01. The van der Waals surface area contributed by atoms with Crippen molar-refractivity contribution in [2.24, 2.45) is 0 Å². The van der Waals surface area contributed by atoms with Gasteiger partial charge in [0.2, 0.25) is 0 Å². The number of amides is 2. The molecule has 2 amide bonds. The van der Waals surface area contributed by atoms with Crippen molar-refractivity contribution in [3.8, 4) is 0 Å². The lowest BCUT2D eigenvalue weighted by Crippen LogP contribution is -2.52. The Morgan fingerprint density at radius 1 is 1.22 bits per heavy atom. The molecule has 0 bridgehead atoms. The van der Waals surface area contributed by atoms with Gasteiger partial charge in [0, 0.05) is 38.8 Å². The zero-order valence-electron chi connectivity index (χ0n) is 15.1. The number of anilines is 1. The van der Waals surface area contributed by atoms with Gasteiger partial charge < -0.3 is 15.1 Å². The van der Waals surface area contributed by atoms with Crippen LogP contribution < -0.4 is 10.2 Å². The van der Waals surface area contributed by atoms with E-state index < -0.39 is 22.4 Å². The molecule has 0 aromatic heterocycles. The molecule has 1 saturated heterocycles. The molecule has 7 nitrogen and oxygen atoms in total. The molecule has 0 radical (unpaired) electrons. The molecule has 1 aliphatic rings. The molecule has 1 fully saturated rings. The molecule has 1 heterocycles. The van der Waals surface area contributed by atoms with E-state index in [4.69, 9.17) is 0 Å². The van der Waals surface area contributed by atoms with Crippen LogP contribution in [-0.2, 0) is 6.18 Å². The van der Waals surface area contributed by atoms with E-state index in [1.54, 1.807) is 9.80 Å². The minimum Gasteiger partial charge on any atom is -0.362 e. The highest BCUT2D eigenvalue weighted by molar-refractivity contribution is 5.74. The Bertz CT molecular complexity index is 674. The fraction of sp³-hybridized carbons (Fsp3) is 0.588. The van der Waals surface area contributed by atoms with E-state index in [9.17, 15) is 28.1 Å². The Morgan fingerprint density at radius 3 is 2.44 bits per heavy atom. The number of urea groups is 1. The second kappa shape index (κ2) is 8.92. The Morgan fingerprint density at radius 2 is 1.89 bits per heavy atom. The Hall–Kier alpha value is -2.52. The third kappa shape index (κ3) is 5.48. The largest absolute Gasteiger partial charge is 0.416 e. The van der Waals surface area contributed by atoms with Crippen LogP contribution in [0.5, 0.6) is 0 Å². The maximum atomic E-state index is 12.8. The first-order valence-electron chi connectivity index (χ1n) is 8.87. The number of rotatable bonds is 6. The Kier molecular flexibility index (Phi) is 6.86. The van der Waals surface area contributed by atoms with E-state index in [-0.39, 0.29) is 11.7 Å². The molecule has 0 saturated carbocycles. The smallest absolute Gasteiger partial charge is 0.362 e. The predicted molar refractivity (Wildman–Crippen MR) is 94.8 cm³/mol. The molecule has 2 rings (SSSR count). The van der Waals surface area contributed by atoms with Crippen LogP contribution in [0.2, 0.25) is 0 Å². The van der Waals surface area contributed by atoms with Gasteiger partial charge >= 0.3 is 12.2 Å². The van der Waals surface area contributed by atoms with Crippen molar-refractivity contribution in [3.05, 3.63) is 33.9 Å². The molecule has 0 unspecified atom stereocenters. The number of halogens is 3. The molecular weight excluding hydrogens is 365 g/mol. The number of benzene rings is 1. The molecule has 27 heavy (non-hydrogen) atoms. The van der Waals surface area contributed by atoms with Crippen LogP contribution in [0.15, 0.2) is 18.2 Å². The standard InChI is InChI=1S/C17H23F3N4O3/c1-2-3-4-7-21-16(25)23-10-8-22(9-11-23)14-6-5-13(17(18,19)20)12-15(14)24(26)27/h5-6,12H,2-4,7-11H2,1H3,(H,21,25). The molecule has 1 aromatic rings. The van der Waals surface area contributed by atoms with Crippen molar-refractivity contribution in [1.29, 1.82) is 0 Å². The van der Waals surface area contributed by atoms with Gasteiger partial charge in [0.1, 0.15) is 5.69 Å². The fourth-order valence-corrected chi connectivity index (χ4v) is 2.95. The van der Waals surface area contributed by atoms with Crippen molar-refractivity contribution in [1.82, 2.24) is 10.2 Å². The lowest BCUT2D eigenvalue weighted by molar-refractivity contribution is -0.384. The first kappa shape index (κ1) is 20.8. The van der Waals surface area contributed by atoms with Crippen LogP contribution in [0.1, 0.15) is 31.7 Å². The molecule has 0 aliphatic carbocycles. The van der Waals surface area contributed by atoms with Crippen molar-refractivity contribution < 1.29 is 22.9 Å². The SMILES string of the molecule is CCCCCNC(=O)N1CCN(c2ccc(C(F)(F)F)cc2[N+](=O)[O-])CC1. The summed E-state index contributed by atoms with van der Waals surface area (Å²) in [7, 11) is 0. The summed E-state index contributed by atoms with van der Waals surface area (Å²) >= 11 is 0. The normalized spacial score (nSPS) is 15.0. The number of nitro groups is 1. The van der Waals surface area contributed by atoms with E-state index in [1.165, 1.54) is 0 Å². The average molecular weight is 388 g/mol. The average Bonchev–Trinajstić information content (AvgIpc) is 2.64. The monoisotopic (exact) mass is 388 g/mol. The van der Waals surface area contributed by atoms with Gasteiger partial charge in [-0.15, -0.1) is 0 Å². The van der Waals surface area contributed by atoms with Gasteiger partial charge in [0.15, 0.2) is 0 Å². The number of nitrogens with one attached hydrogen (secondary N) is 1. The van der Waals surface area contributed by atoms with Gasteiger partial charge in [-0.2, -0.15) is 13.2 Å². The number of nitro benzene ring substituents is 1. The lowest BCUT2D eigenvalue weighted by Gasteiger charge is -2.35. The van der Waals surface area contributed by atoms with Crippen molar-refractivity contribution in [2.45, 2.75) is 32.4 Å². The maximum absolute atomic E-state index is 12.8. The third-order valence-corrected chi connectivity index (χ3v) is 4.46. The lowest BCUT2D eigenvalue weighted by atomic mass is 10.1. The van der Waals surface area contributed by atoms with Gasteiger partial charge in [-0.3, -0.25) is 10.1 Å². The minimum atomic E-state index is -4.64. The van der Waals surface area contributed by atoms with Crippen molar-refractivity contribution in [3.63, 3.8) is 0 Å². The van der Waals surface area contributed by atoms with Gasteiger partial charge in [0.25, 0.3) is 5.69 Å². The van der Waals surface area contributed by atoms with E-state index in [0.717, 1.165) is 31.4 Å². The number of piperazine rings is 1. The summed E-state index contributed by atoms with van der Waals surface area (Å²) in [4.78, 5) is 25.8. The van der Waals surface area contributed by atoms with Crippen LogP contribution in [0, 0.1) is 10.1 Å². The highest BCUT2D eigenvalue weighted by Crippen LogP contribution is 2.36. The summed E-state index contributed by atoms with van der Waals surface area (Å²) in [6.45, 7) is 3.98. The molecular formula is C17H23F3N4O3. The zero-order valence-corrected chi connectivity index (χ0v) is 15.1. The predicted octanol–water partition coefficient (Wildman–Crippen LogP) is 3.64. The maximum Gasteiger partial charge on any atom is 0.416 e. The number of nitrogens with zero attached hydrogens (tertiary/aromatic N) is 3. The number of hydrogen-bond donors (Lipinski definition) is 1. The van der Waals surface area contributed by atoms with Crippen LogP contribution >= 0.6 is 0 Å². The van der Waals surface area contributed by atoms with E-state index >= 15 is 0 Å². The van der Waals surface area contributed by atoms with E-state index in [0.29, 0.717) is 38.8 Å². The number of carbonyl (C=O) groups excluding carboxylic acids is 1. The van der Waals surface area contributed by atoms with Gasteiger partial charge in [0.05, 0.1) is 10.5 Å². The van der Waals surface area contributed by atoms with Crippen LogP contribution in [0.4, 0.5) is 29.3 Å². The fourth-order valence-electron chi connectivity index (χ4n) is 2.95. The quantitative estimate of drug-likeness (QED) is 0.459. The summed E-state index contributed by atoms with van der Waals surface area (Å²) < 4.78 is 38.4. The topological polar surface area (TPSA) is 78.7 Å². The molecule has 1 aromatic carbocycles. The summed E-state index contributed by atoms with van der Waals surface area (Å²) in [5.41, 5.74) is -1.50. The molecule has 150 valence electrons. The zero-order chi connectivity index (χ0) is 20.0. The summed E-state index contributed by atoms with van der Waals surface area (Å²) in [6, 6.07) is 2.34. The van der Waals surface area contributed by atoms with Gasteiger partial charge in [-0.1, -0.05) is 19.8 Å². The van der Waals surface area contributed by atoms with Crippen LogP contribution in [0.3, 0.4) is 0 Å².